The summed E-state index contributed by atoms with van der Waals surface area (Å²) in [6, 6.07) is 2.62. The van der Waals surface area contributed by atoms with Crippen molar-refractivity contribution in [2.75, 3.05) is 5.73 Å². The number of aromatic nitrogens is 1. The highest BCUT2D eigenvalue weighted by molar-refractivity contribution is 6.28. The Morgan fingerprint density at radius 3 is 2.73 bits per heavy atom. The van der Waals surface area contributed by atoms with Crippen LogP contribution in [0.4, 0.5) is 11.5 Å². The van der Waals surface area contributed by atoms with Crippen LogP contribution in [0.1, 0.15) is 0 Å². The number of halogens is 1. The number of H-pyrrole nitrogens is 1. The SMILES string of the molecule is Nc1[nH+]c(Cl)ccc1[N+](=O)[O-]. The van der Waals surface area contributed by atoms with E-state index in [1.807, 2.05) is 0 Å². The summed E-state index contributed by atoms with van der Waals surface area (Å²) < 4.78 is 0. The summed E-state index contributed by atoms with van der Waals surface area (Å²) in [5.74, 6) is -0.0394. The minimum atomic E-state index is -0.581. The molecule has 0 amide bonds. The second-order valence-corrected chi connectivity index (χ2v) is 2.27. The molecule has 0 bridgehead atoms. The van der Waals surface area contributed by atoms with E-state index in [4.69, 9.17) is 17.3 Å². The second kappa shape index (κ2) is 2.71. The van der Waals surface area contributed by atoms with Crippen LogP contribution in [-0.4, -0.2) is 4.92 Å². The van der Waals surface area contributed by atoms with Crippen molar-refractivity contribution in [3.05, 3.63) is 27.4 Å². The predicted molar refractivity (Wildman–Crippen MR) is 39.1 cm³/mol. The van der Waals surface area contributed by atoms with Crippen LogP contribution >= 0.6 is 11.6 Å². The number of nitrogens with zero attached hydrogens (tertiary/aromatic N) is 1. The van der Waals surface area contributed by atoms with E-state index < -0.39 is 4.92 Å². The first kappa shape index (κ1) is 7.74. The van der Waals surface area contributed by atoms with Gasteiger partial charge in [-0.25, -0.2) is 4.98 Å². The Morgan fingerprint density at radius 2 is 2.27 bits per heavy atom. The van der Waals surface area contributed by atoms with Gasteiger partial charge in [0.25, 0.3) is 0 Å². The van der Waals surface area contributed by atoms with E-state index in [9.17, 15) is 10.1 Å². The largest absolute Gasteiger partial charge is 0.357 e. The molecule has 1 heterocycles. The highest BCUT2D eigenvalue weighted by atomic mass is 35.5. The van der Waals surface area contributed by atoms with Crippen molar-refractivity contribution >= 4 is 23.1 Å². The van der Waals surface area contributed by atoms with Gasteiger partial charge in [-0.3, -0.25) is 15.8 Å². The Hall–Kier alpha value is -1.36. The number of hydrogen-bond acceptors (Lipinski definition) is 3. The zero-order chi connectivity index (χ0) is 8.43. The average Bonchev–Trinajstić information content (AvgIpc) is 1.85. The molecule has 0 fully saturated rings. The van der Waals surface area contributed by atoms with Gasteiger partial charge in [-0.15, -0.1) is 0 Å². The van der Waals surface area contributed by atoms with E-state index in [2.05, 4.69) is 4.98 Å². The minimum absolute atomic E-state index is 0.0394. The van der Waals surface area contributed by atoms with Gasteiger partial charge in [0, 0.05) is 12.1 Å². The molecule has 0 unspecified atom stereocenters. The molecule has 5 nitrogen and oxygen atoms in total. The number of nitro groups is 1. The molecule has 0 saturated carbocycles. The van der Waals surface area contributed by atoms with Crippen molar-refractivity contribution in [3.8, 4) is 0 Å². The van der Waals surface area contributed by atoms with Gasteiger partial charge in [0.2, 0.25) is 0 Å². The summed E-state index contributed by atoms with van der Waals surface area (Å²) in [7, 11) is 0. The summed E-state index contributed by atoms with van der Waals surface area (Å²) in [6.45, 7) is 0. The molecular formula is C5H5ClN3O2+. The first-order valence-corrected chi connectivity index (χ1v) is 3.11. The zero-order valence-corrected chi connectivity index (χ0v) is 6.13. The van der Waals surface area contributed by atoms with E-state index >= 15 is 0 Å². The molecule has 1 rings (SSSR count). The van der Waals surface area contributed by atoms with Crippen molar-refractivity contribution < 1.29 is 9.91 Å². The number of hydrogen-bond donors (Lipinski definition) is 1. The molecule has 0 saturated heterocycles. The summed E-state index contributed by atoms with van der Waals surface area (Å²) in [4.78, 5) is 12.0. The zero-order valence-electron chi connectivity index (χ0n) is 5.37. The lowest BCUT2D eigenvalue weighted by Crippen LogP contribution is -2.13. The third kappa shape index (κ3) is 1.56. The molecule has 3 N–H and O–H groups in total. The normalized spacial score (nSPS) is 9.55. The maximum Gasteiger partial charge on any atom is 0.357 e. The van der Waals surface area contributed by atoms with Crippen LogP contribution in [0.25, 0.3) is 0 Å². The number of nitrogens with one attached hydrogen (secondary N) is 1. The Bertz CT molecular complexity index is 302. The number of nitrogen functional groups attached to an aromatic ring is 1. The van der Waals surface area contributed by atoms with Crippen LogP contribution in [-0.2, 0) is 0 Å². The lowest BCUT2D eigenvalue weighted by molar-refractivity contribution is -0.408. The fraction of sp³-hybridized carbons (Fsp3) is 0. The van der Waals surface area contributed by atoms with Crippen LogP contribution in [0, 0.1) is 10.1 Å². The van der Waals surface area contributed by atoms with E-state index in [0.717, 1.165) is 0 Å². The molecule has 0 aromatic carbocycles. The molecule has 11 heavy (non-hydrogen) atoms. The number of aromatic amines is 1. The molecule has 1 aromatic rings. The standard InChI is InChI=1S/C5H4ClN3O2/c6-4-2-1-3(9(10)11)5(7)8-4/h1-2H,(H2,7,8)/p+1. The number of anilines is 1. The van der Waals surface area contributed by atoms with Crippen LogP contribution in [0.5, 0.6) is 0 Å². The smallest absolute Gasteiger partial charge is 0.281 e. The molecule has 0 spiro atoms. The van der Waals surface area contributed by atoms with Gasteiger partial charge in [0.05, 0.1) is 4.92 Å². The van der Waals surface area contributed by atoms with Gasteiger partial charge in [0.1, 0.15) is 0 Å². The first-order chi connectivity index (χ1) is 5.11. The van der Waals surface area contributed by atoms with Crippen LogP contribution in [0.15, 0.2) is 12.1 Å². The molecule has 0 radical (unpaired) electrons. The molecule has 6 heteroatoms. The van der Waals surface area contributed by atoms with Crippen molar-refractivity contribution in [1.82, 2.24) is 0 Å². The van der Waals surface area contributed by atoms with Gasteiger partial charge in [-0.1, -0.05) is 0 Å². The fourth-order valence-corrected chi connectivity index (χ4v) is 0.800. The second-order valence-electron chi connectivity index (χ2n) is 1.86. The molecule has 1 aromatic heterocycles. The van der Waals surface area contributed by atoms with Crippen molar-refractivity contribution in [3.63, 3.8) is 0 Å². The summed E-state index contributed by atoms with van der Waals surface area (Å²) in [5, 5.41) is 10.5. The summed E-state index contributed by atoms with van der Waals surface area (Å²) in [5.41, 5.74) is 5.07. The Kier molecular flexibility index (Phi) is 1.91. The highest BCUT2D eigenvalue weighted by Gasteiger charge is 2.16. The third-order valence-corrected chi connectivity index (χ3v) is 1.33. The topological polar surface area (TPSA) is 83.3 Å². The van der Waals surface area contributed by atoms with Crippen molar-refractivity contribution in [1.29, 1.82) is 0 Å². The van der Waals surface area contributed by atoms with Gasteiger partial charge >= 0.3 is 11.5 Å². The lowest BCUT2D eigenvalue weighted by atomic mass is 10.4. The Balaban J connectivity index is 3.20. The third-order valence-electron chi connectivity index (χ3n) is 1.11. The summed E-state index contributed by atoms with van der Waals surface area (Å²) in [6.07, 6.45) is 0. The van der Waals surface area contributed by atoms with E-state index in [1.54, 1.807) is 0 Å². The predicted octanol–water partition coefficient (Wildman–Crippen LogP) is 0.645. The Morgan fingerprint density at radius 1 is 1.64 bits per heavy atom. The maximum atomic E-state index is 10.2. The lowest BCUT2D eigenvalue weighted by Gasteiger charge is -1.89. The van der Waals surface area contributed by atoms with Crippen LogP contribution in [0.2, 0.25) is 5.15 Å². The highest BCUT2D eigenvalue weighted by Crippen LogP contribution is 2.16. The monoisotopic (exact) mass is 174 g/mol. The molecule has 0 aliphatic carbocycles. The van der Waals surface area contributed by atoms with Gasteiger partial charge in [-0.2, -0.15) is 0 Å². The summed E-state index contributed by atoms with van der Waals surface area (Å²) >= 11 is 5.46. The van der Waals surface area contributed by atoms with Crippen LogP contribution < -0.4 is 10.7 Å². The molecular weight excluding hydrogens is 170 g/mol. The van der Waals surface area contributed by atoms with Gasteiger partial charge in [0.15, 0.2) is 5.15 Å². The number of nitrogens with two attached hydrogens (primary N) is 1. The number of rotatable bonds is 1. The van der Waals surface area contributed by atoms with E-state index in [-0.39, 0.29) is 16.7 Å². The fourth-order valence-electron chi connectivity index (χ4n) is 0.635. The molecule has 58 valence electrons. The minimum Gasteiger partial charge on any atom is -0.281 e. The first-order valence-electron chi connectivity index (χ1n) is 2.73. The van der Waals surface area contributed by atoms with E-state index in [0.29, 0.717) is 0 Å². The quantitative estimate of drug-likeness (QED) is 0.385. The number of pyridine rings is 1. The van der Waals surface area contributed by atoms with E-state index in [1.165, 1.54) is 12.1 Å². The molecule has 0 aliphatic rings. The van der Waals surface area contributed by atoms with Crippen LogP contribution in [0.3, 0.4) is 0 Å². The maximum absolute atomic E-state index is 10.2. The Labute approximate surface area is 66.9 Å². The molecule has 0 aliphatic heterocycles. The van der Waals surface area contributed by atoms with Crippen molar-refractivity contribution in [2.45, 2.75) is 0 Å². The molecule has 0 atom stereocenters. The van der Waals surface area contributed by atoms with Crippen molar-refractivity contribution in [2.24, 2.45) is 0 Å². The average molecular weight is 175 g/mol. The van der Waals surface area contributed by atoms with Gasteiger partial charge in [-0.05, 0) is 11.6 Å². The van der Waals surface area contributed by atoms with Gasteiger partial charge < -0.3 is 0 Å².